The van der Waals surface area contributed by atoms with Crippen LogP contribution in [0, 0.1) is 0 Å². The summed E-state index contributed by atoms with van der Waals surface area (Å²) >= 11 is 7.81. The summed E-state index contributed by atoms with van der Waals surface area (Å²) in [6, 6.07) is 10.4. The Morgan fingerprint density at radius 3 is 2.54 bits per heavy atom. The monoisotopic (exact) mass is 438 g/mol. The van der Waals surface area contributed by atoms with Gasteiger partial charge in [0, 0.05) is 30.2 Å². The number of thioether (sulfide) groups is 1. The van der Waals surface area contributed by atoms with Crippen LogP contribution in [0.15, 0.2) is 46.2 Å². The molecule has 0 unspecified atom stereocenters. The number of carbonyl (C=O) groups is 1. The van der Waals surface area contributed by atoms with Crippen LogP contribution < -0.4 is 4.90 Å². The minimum atomic E-state index is -3.52. The molecular weight excluding hydrogens is 416 g/mol. The van der Waals surface area contributed by atoms with Gasteiger partial charge in [0.05, 0.1) is 15.5 Å². The normalized spacial score (nSPS) is 13.8. The Hall–Kier alpha value is -1.54. The molecule has 150 valence electrons. The molecule has 8 heteroatoms. The molecule has 2 aromatic carbocycles. The third-order valence-corrected chi connectivity index (χ3v) is 8.04. The molecule has 0 fully saturated rings. The Balaban J connectivity index is 1.95. The minimum Gasteiger partial charge on any atom is -0.308 e. The van der Waals surface area contributed by atoms with Crippen molar-refractivity contribution in [1.82, 2.24) is 4.31 Å². The first-order chi connectivity index (χ1) is 13.3. The van der Waals surface area contributed by atoms with Gasteiger partial charge in [-0.05, 0) is 54.6 Å². The number of rotatable bonds is 6. The van der Waals surface area contributed by atoms with E-state index in [0.717, 1.165) is 16.1 Å². The van der Waals surface area contributed by atoms with E-state index in [-0.39, 0.29) is 10.8 Å². The fraction of sp³-hybridized carbons (Fsp3) is 0.350. The van der Waals surface area contributed by atoms with Crippen LogP contribution in [-0.4, -0.2) is 44.5 Å². The number of hydrogen-bond donors (Lipinski definition) is 0. The average molecular weight is 439 g/mol. The molecule has 1 amide bonds. The highest BCUT2D eigenvalue weighted by Crippen LogP contribution is 2.34. The summed E-state index contributed by atoms with van der Waals surface area (Å²) in [5.41, 5.74) is 2.06. The molecule has 0 radical (unpaired) electrons. The lowest BCUT2D eigenvalue weighted by Gasteiger charge is -2.20. The van der Waals surface area contributed by atoms with Crippen molar-refractivity contribution in [3.63, 3.8) is 0 Å². The lowest BCUT2D eigenvalue weighted by molar-refractivity contribution is 0.0989. The van der Waals surface area contributed by atoms with Crippen LogP contribution in [0.5, 0.6) is 0 Å². The third-order valence-electron chi connectivity index (χ3n) is 4.94. The zero-order chi connectivity index (χ0) is 20.5. The number of nitrogens with zero attached hydrogens (tertiary/aromatic N) is 2. The molecule has 3 rings (SSSR count). The Morgan fingerprint density at radius 2 is 1.89 bits per heavy atom. The van der Waals surface area contributed by atoms with Crippen LogP contribution in [0.1, 0.15) is 29.8 Å². The third kappa shape index (κ3) is 3.81. The maximum Gasteiger partial charge on any atom is 0.259 e. The van der Waals surface area contributed by atoms with Crippen LogP contribution in [-0.2, 0) is 16.4 Å². The number of benzene rings is 2. The van der Waals surface area contributed by atoms with Gasteiger partial charge in [-0.1, -0.05) is 25.4 Å². The fourth-order valence-electron chi connectivity index (χ4n) is 3.40. The molecule has 0 aliphatic carbocycles. The molecule has 0 saturated heterocycles. The summed E-state index contributed by atoms with van der Waals surface area (Å²) in [6.45, 7) is 4.99. The van der Waals surface area contributed by atoms with Gasteiger partial charge in [-0.15, -0.1) is 11.8 Å². The van der Waals surface area contributed by atoms with Gasteiger partial charge in [-0.2, -0.15) is 4.31 Å². The van der Waals surface area contributed by atoms with E-state index in [1.807, 2.05) is 26.2 Å². The second kappa shape index (κ2) is 8.45. The molecule has 0 bridgehead atoms. The van der Waals surface area contributed by atoms with Crippen molar-refractivity contribution in [2.24, 2.45) is 0 Å². The minimum absolute atomic E-state index is 0.168. The SMILES string of the molecule is CCN(CC)S(=O)(=O)c1ccc2c(c1)CCN2C(=O)c1cc(SC)ccc1Cl. The molecule has 1 aliphatic rings. The summed E-state index contributed by atoms with van der Waals surface area (Å²) in [6.07, 6.45) is 2.56. The molecule has 1 aliphatic heterocycles. The van der Waals surface area contributed by atoms with Crippen LogP contribution >= 0.6 is 23.4 Å². The fourth-order valence-corrected chi connectivity index (χ4v) is 5.55. The Kier molecular flexibility index (Phi) is 6.39. The quantitative estimate of drug-likeness (QED) is 0.631. The van der Waals surface area contributed by atoms with Crippen LogP contribution in [0.25, 0.3) is 0 Å². The maximum absolute atomic E-state index is 13.1. The van der Waals surface area contributed by atoms with E-state index in [9.17, 15) is 13.2 Å². The van der Waals surface area contributed by atoms with Gasteiger partial charge in [0.25, 0.3) is 5.91 Å². The number of hydrogen-bond acceptors (Lipinski definition) is 4. The first-order valence-electron chi connectivity index (χ1n) is 9.12. The van der Waals surface area contributed by atoms with Crippen molar-refractivity contribution in [2.75, 3.05) is 30.8 Å². The summed E-state index contributed by atoms with van der Waals surface area (Å²) < 4.78 is 27.0. The second-order valence-corrected chi connectivity index (χ2v) is 9.66. The molecule has 0 aromatic heterocycles. The average Bonchev–Trinajstić information content (AvgIpc) is 3.12. The van der Waals surface area contributed by atoms with Crippen LogP contribution in [0.4, 0.5) is 5.69 Å². The van der Waals surface area contributed by atoms with Gasteiger partial charge in [0.2, 0.25) is 10.0 Å². The summed E-state index contributed by atoms with van der Waals surface area (Å²) in [5, 5.41) is 0.414. The van der Waals surface area contributed by atoms with E-state index >= 15 is 0 Å². The van der Waals surface area contributed by atoms with E-state index < -0.39 is 10.0 Å². The predicted octanol–water partition coefficient (Wildman–Crippen LogP) is 4.30. The zero-order valence-corrected chi connectivity index (χ0v) is 18.5. The van der Waals surface area contributed by atoms with Crippen LogP contribution in [0.3, 0.4) is 0 Å². The molecule has 1 heterocycles. The first kappa shape index (κ1) is 21.2. The number of carbonyl (C=O) groups excluding carboxylic acids is 1. The van der Waals surface area contributed by atoms with Crippen molar-refractivity contribution in [1.29, 1.82) is 0 Å². The lowest BCUT2D eigenvalue weighted by Crippen LogP contribution is -2.31. The van der Waals surface area contributed by atoms with E-state index in [0.29, 0.717) is 36.6 Å². The molecule has 0 atom stereocenters. The highest BCUT2D eigenvalue weighted by Gasteiger charge is 2.29. The van der Waals surface area contributed by atoms with E-state index in [2.05, 4.69) is 0 Å². The summed E-state index contributed by atoms with van der Waals surface area (Å²) in [5.74, 6) is -0.168. The highest BCUT2D eigenvalue weighted by molar-refractivity contribution is 7.98. The molecular formula is C20H23ClN2O3S2. The highest BCUT2D eigenvalue weighted by atomic mass is 35.5. The lowest BCUT2D eigenvalue weighted by atomic mass is 10.1. The summed E-state index contributed by atoms with van der Waals surface area (Å²) in [4.78, 5) is 16.0. The first-order valence-corrected chi connectivity index (χ1v) is 12.2. The van der Waals surface area contributed by atoms with Gasteiger partial charge in [-0.3, -0.25) is 4.79 Å². The van der Waals surface area contributed by atoms with Gasteiger partial charge < -0.3 is 4.90 Å². The molecule has 5 nitrogen and oxygen atoms in total. The molecule has 2 aromatic rings. The van der Waals surface area contributed by atoms with Gasteiger partial charge in [0.1, 0.15) is 0 Å². The van der Waals surface area contributed by atoms with E-state index in [4.69, 9.17) is 11.6 Å². The molecule has 0 saturated carbocycles. The van der Waals surface area contributed by atoms with Gasteiger partial charge >= 0.3 is 0 Å². The van der Waals surface area contributed by atoms with Crippen molar-refractivity contribution in [3.8, 4) is 0 Å². The maximum atomic E-state index is 13.1. The topological polar surface area (TPSA) is 57.7 Å². The smallest absolute Gasteiger partial charge is 0.259 e. The number of fused-ring (bicyclic) bond motifs is 1. The van der Waals surface area contributed by atoms with Gasteiger partial charge in [0.15, 0.2) is 0 Å². The Bertz CT molecular complexity index is 1000. The van der Waals surface area contributed by atoms with Crippen molar-refractivity contribution in [3.05, 3.63) is 52.5 Å². The predicted molar refractivity (Wildman–Crippen MR) is 115 cm³/mol. The molecule has 28 heavy (non-hydrogen) atoms. The number of anilines is 1. The van der Waals surface area contributed by atoms with Crippen molar-refractivity contribution >= 4 is 45.0 Å². The molecule has 0 N–H and O–H groups in total. The van der Waals surface area contributed by atoms with Crippen LogP contribution in [0.2, 0.25) is 5.02 Å². The van der Waals surface area contributed by atoms with E-state index in [1.165, 1.54) is 4.31 Å². The largest absolute Gasteiger partial charge is 0.308 e. The molecule has 0 spiro atoms. The zero-order valence-electron chi connectivity index (χ0n) is 16.1. The summed E-state index contributed by atoms with van der Waals surface area (Å²) in [7, 11) is -3.52. The second-order valence-electron chi connectivity index (χ2n) is 6.43. The number of halogens is 1. The van der Waals surface area contributed by atoms with Crippen molar-refractivity contribution < 1.29 is 13.2 Å². The number of amides is 1. The standard InChI is InChI=1S/C20H23ClN2O3S2/c1-4-22(5-2)28(25,26)16-7-9-19-14(12-16)10-11-23(19)20(24)17-13-15(27-3)6-8-18(17)21/h6-9,12-13H,4-5,10-11H2,1-3H3. The van der Waals surface area contributed by atoms with E-state index in [1.54, 1.807) is 47.0 Å². The van der Waals surface area contributed by atoms with Crippen molar-refractivity contribution in [2.45, 2.75) is 30.1 Å². The Labute approximate surface area is 175 Å². The number of sulfonamides is 1. The Morgan fingerprint density at radius 1 is 1.18 bits per heavy atom. The van der Waals surface area contributed by atoms with Gasteiger partial charge in [-0.25, -0.2) is 8.42 Å².